The lowest BCUT2D eigenvalue weighted by molar-refractivity contribution is 0.589. The molecule has 112 valence electrons. The molecule has 0 unspecified atom stereocenters. The van der Waals surface area contributed by atoms with Crippen molar-refractivity contribution in [2.24, 2.45) is 0 Å². The zero-order chi connectivity index (χ0) is 15.2. The number of nitrogens with one attached hydrogen (secondary N) is 1. The van der Waals surface area contributed by atoms with Crippen molar-refractivity contribution < 1.29 is 0 Å². The van der Waals surface area contributed by atoms with Crippen molar-refractivity contribution in [1.82, 2.24) is 5.32 Å². The van der Waals surface area contributed by atoms with Gasteiger partial charge in [-0.1, -0.05) is 50.2 Å². The SMILES string of the molecule is Cc1ccccc1CN(C)c1ccc(CNC(C)C)cc1. The molecule has 0 spiro atoms. The summed E-state index contributed by atoms with van der Waals surface area (Å²) >= 11 is 0. The first-order chi connectivity index (χ1) is 10.1. The van der Waals surface area contributed by atoms with Gasteiger partial charge in [-0.2, -0.15) is 0 Å². The zero-order valence-corrected chi connectivity index (χ0v) is 13.6. The van der Waals surface area contributed by atoms with E-state index in [1.165, 1.54) is 22.4 Å². The molecule has 0 radical (unpaired) electrons. The Hall–Kier alpha value is -1.80. The van der Waals surface area contributed by atoms with E-state index >= 15 is 0 Å². The molecule has 0 aliphatic carbocycles. The second-order valence-corrected chi connectivity index (χ2v) is 5.98. The highest BCUT2D eigenvalue weighted by atomic mass is 15.1. The molecule has 0 aliphatic heterocycles. The predicted octanol–water partition coefficient (Wildman–Crippen LogP) is 4.13. The largest absolute Gasteiger partial charge is 0.370 e. The summed E-state index contributed by atoms with van der Waals surface area (Å²) < 4.78 is 0. The van der Waals surface area contributed by atoms with Gasteiger partial charge < -0.3 is 10.2 Å². The number of hydrogen-bond acceptors (Lipinski definition) is 2. The molecule has 0 fully saturated rings. The average molecular weight is 282 g/mol. The predicted molar refractivity (Wildman–Crippen MR) is 91.7 cm³/mol. The van der Waals surface area contributed by atoms with Gasteiger partial charge in [0.25, 0.3) is 0 Å². The Morgan fingerprint density at radius 1 is 1.00 bits per heavy atom. The number of benzene rings is 2. The number of anilines is 1. The van der Waals surface area contributed by atoms with E-state index in [2.05, 4.69) is 86.6 Å². The van der Waals surface area contributed by atoms with Gasteiger partial charge >= 0.3 is 0 Å². The lowest BCUT2D eigenvalue weighted by Gasteiger charge is -2.21. The molecule has 0 aromatic heterocycles. The standard InChI is InChI=1S/C19H26N2/c1-15(2)20-13-17-9-11-19(12-10-17)21(4)14-18-8-6-5-7-16(18)3/h5-12,15,20H,13-14H2,1-4H3. The first-order valence-corrected chi connectivity index (χ1v) is 7.64. The molecule has 0 atom stereocenters. The number of aryl methyl sites for hydroxylation is 1. The summed E-state index contributed by atoms with van der Waals surface area (Å²) in [6.07, 6.45) is 0. The Labute approximate surface area is 128 Å². The first kappa shape index (κ1) is 15.6. The highest BCUT2D eigenvalue weighted by Gasteiger charge is 2.04. The Kier molecular flexibility index (Phi) is 5.40. The van der Waals surface area contributed by atoms with Crippen LogP contribution in [0.4, 0.5) is 5.69 Å². The minimum Gasteiger partial charge on any atom is -0.370 e. The maximum absolute atomic E-state index is 3.44. The fourth-order valence-electron chi connectivity index (χ4n) is 2.32. The van der Waals surface area contributed by atoms with E-state index in [1.54, 1.807) is 0 Å². The van der Waals surface area contributed by atoms with Crippen molar-refractivity contribution >= 4 is 5.69 Å². The van der Waals surface area contributed by atoms with E-state index in [9.17, 15) is 0 Å². The maximum Gasteiger partial charge on any atom is 0.0428 e. The lowest BCUT2D eigenvalue weighted by Crippen LogP contribution is -2.22. The minimum atomic E-state index is 0.522. The van der Waals surface area contributed by atoms with Crippen LogP contribution in [-0.4, -0.2) is 13.1 Å². The maximum atomic E-state index is 3.44. The van der Waals surface area contributed by atoms with Crippen molar-refractivity contribution in [1.29, 1.82) is 0 Å². The second-order valence-electron chi connectivity index (χ2n) is 5.98. The van der Waals surface area contributed by atoms with Crippen molar-refractivity contribution in [3.8, 4) is 0 Å². The zero-order valence-electron chi connectivity index (χ0n) is 13.6. The summed E-state index contributed by atoms with van der Waals surface area (Å²) in [7, 11) is 2.15. The summed E-state index contributed by atoms with van der Waals surface area (Å²) in [5.74, 6) is 0. The van der Waals surface area contributed by atoms with Crippen LogP contribution in [-0.2, 0) is 13.1 Å². The number of rotatable bonds is 6. The quantitative estimate of drug-likeness (QED) is 0.857. The molecule has 0 aliphatic rings. The summed E-state index contributed by atoms with van der Waals surface area (Å²) in [6, 6.07) is 17.9. The van der Waals surface area contributed by atoms with Gasteiger partial charge in [-0.05, 0) is 35.7 Å². The van der Waals surface area contributed by atoms with Crippen molar-refractivity contribution in [2.45, 2.75) is 39.9 Å². The molecule has 1 N–H and O–H groups in total. The number of nitrogens with zero attached hydrogens (tertiary/aromatic N) is 1. The Morgan fingerprint density at radius 3 is 2.29 bits per heavy atom. The van der Waals surface area contributed by atoms with Crippen LogP contribution < -0.4 is 10.2 Å². The molecule has 0 saturated carbocycles. The van der Waals surface area contributed by atoms with Crippen LogP contribution in [0.25, 0.3) is 0 Å². The van der Waals surface area contributed by atoms with Crippen LogP contribution in [0, 0.1) is 6.92 Å². The Bertz CT molecular complexity index is 558. The molecular formula is C19H26N2. The molecule has 2 heteroatoms. The van der Waals surface area contributed by atoms with Gasteiger partial charge in [0, 0.05) is 31.9 Å². The molecular weight excluding hydrogens is 256 g/mol. The van der Waals surface area contributed by atoms with Gasteiger partial charge in [0.05, 0.1) is 0 Å². The Morgan fingerprint density at radius 2 is 1.67 bits per heavy atom. The third-order valence-electron chi connectivity index (χ3n) is 3.76. The fraction of sp³-hybridized carbons (Fsp3) is 0.368. The average Bonchev–Trinajstić information content (AvgIpc) is 2.48. The Balaban J connectivity index is 2.00. The highest BCUT2D eigenvalue weighted by Crippen LogP contribution is 2.18. The molecule has 0 amide bonds. The van der Waals surface area contributed by atoms with Crippen molar-refractivity contribution in [3.05, 3.63) is 65.2 Å². The van der Waals surface area contributed by atoms with Crippen molar-refractivity contribution in [2.75, 3.05) is 11.9 Å². The van der Waals surface area contributed by atoms with Crippen LogP contribution in [0.2, 0.25) is 0 Å². The third-order valence-corrected chi connectivity index (χ3v) is 3.76. The van der Waals surface area contributed by atoms with Crippen LogP contribution >= 0.6 is 0 Å². The van der Waals surface area contributed by atoms with Gasteiger partial charge in [0.1, 0.15) is 0 Å². The van der Waals surface area contributed by atoms with Gasteiger partial charge in [0.15, 0.2) is 0 Å². The molecule has 0 bridgehead atoms. The van der Waals surface area contributed by atoms with E-state index < -0.39 is 0 Å². The van der Waals surface area contributed by atoms with E-state index in [0.29, 0.717) is 6.04 Å². The third kappa shape index (κ3) is 4.61. The fourth-order valence-corrected chi connectivity index (χ4v) is 2.32. The van der Waals surface area contributed by atoms with E-state index in [0.717, 1.165) is 13.1 Å². The van der Waals surface area contributed by atoms with Crippen molar-refractivity contribution in [3.63, 3.8) is 0 Å². The van der Waals surface area contributed by atoms with Gasteiger partial charge in [-0.3, -0.25) is 0 Å². The monoisotopic (exact) mass is 282 g/mol. The minimum absolute atomic E-state index is 0.522. The molecule has 2 nitrogen and oxygen atoms in total. The highest BCUT2D eigenvalue weighted by molar-refractivity contribution is 5.48. The molecule has 2 aromatic carbocycles. The summed E-state index contributed by atoms with van der Waals surface area (Å²) in [6.45, 7) is 8.38. The summed E-state index contributed by atoms with van der Waals surface area (Å²) in [5, 5.41) is 3.44. The van der Waals surface area contributed by atoms with Gasteiger partial charge in [-0.25, -0.2) is 0 Å². The van der Waals surface area contributed by atoms with Gasteiger partial charge in [0.2, 0.25) is 0 Å². The van der Waals surface area contributed by atoms with Crippen LogP contribution in [0.5, 0.6) is 0 Å². The van der Waals surface area contributed by atoms with Gasteiger partial charge in [-0.15, -0.1) is 0 Å². The van der Waals surface area contributed by atoms with E-state index in [-0.39, 0.29) is 0 Å². The molecule has 2 aromatic rings. The lowest BCUT2D eigenvalue weighted by atomic mass is 10.1. The molecule has 0 heterocycles. The normalized spacial score (nSPS) is 10.9. The molecule has 21 heavy (non-hydrogen) atoms. The topological polar surface area (TPSA) is 15.3 Å². The first-order valence-electron chi connectivity index (χ1n) is 7.64. The molecule has 0 saturated heterocycles. The number of hydrogen-bond donors (Lipinski definition) is 1. The summed E-state index contributed by atoms with van der Waals surface area (Å²) in [5.41, 5.74) is 5.32. The summed E-state index contributed by atoms with van der Waals surface area (Å²) in [4.78, 5) is 2.29. The van der Waals surface area contributed by atoms with E-state index in [1.807, 2.05) is 0 Å². The van der Waals surface area contributed by atoms with Crippen LogP contribution in [0.15, 0.2) is 48.5 Å². The second kappa shape index (κ2) is 7.28. The van der Waals surface area contributed by atoms with Crippen LogP contribution in [0.1, 0.15) is 30.5 Å². The van der Waals surface area contributed by atoms with Crippen LogP contribution in [0.3, 0.4) is 0 Å². The smallest absolute Gasteiger partial charge is 0.0428 e. The molecule has 2 rings (SSSR count). The van der Waals surface area contributed by atoms with E-state index in [4.69, 9.17) is 0 Å².